The van der Waals surface area contributed by atoms with Gasteiger partial charge in [0, 0.05) is 32.4 Å². The molecule has 0 aliphatic rings. The molecule has 0 radical (unpaired) electrons. The van der Waals surface area contributed by atoms with E-state index in [1.807, 2.05) is 0 Å². The number of ketones is 2. The van der Waals surface area contributed by atoms with Crippen LogP contribution in [0.2, 0.25) is 18.1 Å². The first kappa shape index (κ1) is 61.8. The number of hydrogen-bond acceptors (Lipinski definition) is 13. The van der Waals surface area contributed by atoms with Crippen molar-refractivity contribution in [3.8, 4) is 11.1 Å². The lowest BCUT2D eigenvalue weighted by Gasteiger charge is -2.36. The van der Waals surface area contributed by atoms with Gasteiger partial charge in [0.15, 0.2) is 14.1 Å². The normalized spacial score (nSPS) is 12.6. The van der Waals surface area contributed by atoms with Gasteiger partial charge in [-0.25, -0.2) is 0 Å². The number of nitrogens with one attached hydrogen (secondary N) is 2. The van der Waals surface area contributed by atoms with E-state index in [-0.39, 0.29) is 94.7 Å². The maximum Gasteiger partial charge on any atom is 0.313 e. The minimum atomic E-state index is -1.81. The molecule has 2 rings (SSSR count). The van der Waals surface area contributed by atoms with Crippen molar-refractivity contribution in [1.82, 2.24) is 10.6 Å². The Balaban J connectivity index is 1.52. The van der Waals surface area contributed by atoms with E-state index in [0.717, 1.165) is 25.7 Å². The molecule has 2 aromatic carbocycles. The summed E-state index contributed by atoms with van der Waals surface area (Å²) in [4.78, 5) is 74.5. The summed E-state index contributed by atoms with van der Waals surface area (Å²) in [7, 11) is -1.81. The van der Waals surface area contributed by atoms with Crippen LogP contribution in [0.1, 0.15) is 131 Å². The quantitative estimate of drug-likeness (QED) is 0.0294. The Morgan fingerprint density at radius 3 is 1.77 bits per heavy atom. The average Bonchev–Trinajstić information content (AvgIpc) is 3.26. The first-order valence-electron chi connectivity index (χ1n) is 25.0. The molecule has 2 aromatic rings. The molecule has 0 aliphatic carbocycles. The van der Waals surface area contributed by atoms with Crippen molar-refractivity contribution in [2.75, 3.05) is 65.9 Å². The fourth-order valence-corrected chi connectivity index (χ4v) is 7.66. The van der Waals surface area contributed by atoms with Gasteiger partial charge in [-0.2, -0.15) is 0 Å². The van der Waals surface area contributed by atoms with Crippen LogP contribution in [0.25, 0.3) is 11.1 Å². The summed E-state index contributed by atoms with van der Waals surface area (Å²) in [6.45, 7) is 26.2. The molecule has 0 saturated heterocycles. The lowest BCUT2D eigenvalue weighted by molar-refractivity contribution is -0.163. The Kier molecular flexibility index (Phi) is 27.5. The predicted octanol–water partition coefficient (Wildman–Crippen LogP) is 8.45. The van der Waals surface area contributed by atoms with Crippen molar-refractivity contribution in [2.24, 2.45) is 5.92 Å². The third-order valence-electron chi connectivity index (χ3n) is 11.5. The highest BCUT2D eigenvalue weighted by Gasteiger charge is 2.37. The van der Waals surface area contributed by atoms with Gasteiger partial charge in [0.05, 0.1) is 52.2 Å². The van der Waals surface area contributed by atoms with Crippen LogP contribution in [0.5, 0.6) is 0 Å². The molecule has 0 aromatic heterocycles. The molecule has 2 amide bonds. The van der Waals surface area contributed by atoms with E-state index in [0.29, 0.717) is 26.2 Å². The van der Waals surface area contributed by atoms with E-state index in [1.165, 1.54) is 27.8 Å². The monoisotopic (exact) mass is 999 g/mol. The second-order valence-corrected chi connectivity index (χ2v) is 25.9. The molecule has 0 heterocycles. The van der Waals surface area contributed by atoms with Gasteiger partial charge in [0.25, 0.3) is 0 Å². The lowest BCUT2D eigenvalue weighted by atomic mass is 9.94. The van der Waals surface area contributed by atoms with Crippen LogP contribution in [0, 0.1) is 5.92 Å². The van der Waals surface area contributed by atoms with Gasteiger partial charge in [-0.05, 0) is 120 Å². The van der Waals surface area contributed by atoms with Gasteiger partial charge >= 0.3 is 11.9 Å². The molecule has 0 saturated carbocycles. The van der Waals surface area contributed by atoms with Crippen molar-refractivity contribution in [2.45, 2.75) is 163 Å². The summed E-state index contributed by atoms with van der Waals surface area (Å²) in [6.07, 6.45) is 3.35. The molecule has 70 heavy (non-hydrogen) atoms. The van der Waals surface area contributed by atoms with E-state index in [1.54, 1.807) is 41.5 Å². The van der Waals surface area contributed by atoms with Crippen LogP contribution in [-0.4, -0.2) is 121 Å². The Labute approximate surface area is 419 Å². The third-order valence-corrected chi connectivity index (χ3v) is 16.0. The zero-order valence-corrected chi connectivity index (χ0v) is 45.6. The maximum absolute atomic E-state index is 12.8. The Morgan fingerprint density at radius 1 is 0.614 bits per heavy atom. The highest BCUT2D eigenvalue weighted by atomic mass is 28.4. The van der Waals surface area contributed by atoms with Gasteiger partial charge in [-0.3, -0.25) is 28.8 Å². The number of rotatable bonds is 34. The summed E-state index contributed by atoms with van der Waals surface area (Å²) in [5.41, 5.74) is 4.69. The van der Waals surface area contributed by atoms with Crippen molar-refractivity contribution in [3.05, 3.63) is 59.2 Å². The molecule has 16 heteroatoms. The van der Waals surface area contributed by atoms with Gasteiger partial charge in [-0.1, -0.05) is 70.2 Å². The number of carbonyl (C=O) groups excluding carboxylic acids is 6. The topological polar surface area (TPSA) is 191 Å². The Morgan fingerprint density at radius 2 is 1.19 bits per heavy atom. The Hall–Kier alpha value is -4.32. The number of carbonyl (C=O) groups is 6. The molecule has 0 fully saturated rings. The van der Waals surface area contributed by atoms with Crippen molar-refractivity contribution >= 4 is 43.6 Å². The van der Waals surface area contributed by atoms with E-state index < -0.39 is 49.6 Å². The molecule has 394 valence electrons. The van der Waals surface area contributed by atoms with E-state index in [2.05, 4.69) is 93.9 Å². The number of hydrogen-bond donors (Lipinski definition) is 2. The molecular weight excluding hydrogens is 913 g/mol. The molecule has 1 unspecified atom stereocenters. The number of aryl methyl sites for hydroxylation is 2. The molecule has 2 N–H and O–H groups in total. The smallest absolute Gasteiger partial charge is 0.313 e. The van der Waals surface area contributed by atoms with E-state index >= 15 is 0 Å². The second-order valence-electron chi connectivity index (χ2n) is 21.1. The molecule has 0 spiro atoms. The van der Waals surface area contributed by atoms with E-state index in [9.17, 15) is 28.8 Å². The zero-order chi connectivity index (χ0) is 52.4. The summed E-state index contributed by atoms with van der Waals surface area (Å²) in [5.74, 6) is -3.23. The number of Topliss-reactive ketones (excluding diaryl/α,β-unsaturated/α-hetero) is 2. The van der Waals surface area contributed by atoms with Crippen molar-refractivity contribution < 1.29 is 61.6 Å². The molecule has 0 aliphatic heterocycles. The number of ether oxygens (including phenoxy) is 6. The van der Waals surface area contributed by atoms with Crippen LogP contribution in [-0.2, 0) is 81.1 Å². The highest BCUT2D eigenvalue weighted by molar-refractivity contribution is 6.74. The number of amides is 2. The summed E-state index contributed by atoms with van der Waals surface area (Å²) in [5, 5.41) is 5.59. The molecule has 15 nitrogen and oxygen atoms in total. The van der Waals surface area contributed by atoms with Crippen LogP contribution < -0.4 is 10.6 Å². The summed E-state index contributed by atoms with van der Waals surface area (Å²) in [6, 6.07) is 15.4. The first-order valence-corrected chi connectivity index (χ1v) is 27.9. The fraction of sp³-hybridized carbons (Fsp3) is 0.667. The minimum Gasteiger partial charge on any atom is -0.460 e. The standard InChI is InChI=1S/C54H86N2O13Si/c1-13-41-22-23-44(42-20-18-40(19-21-42)37-67-70(11,12)54(8,9)10)34-43(41)16-14-15-17-46(57)38-65-32-30-64-29-27-56-49(60)39-66-33-31-63-28-26-55-48(59)25-24-45(51(62)69-53(5,6)7)35-47(58)36-50(61)68-52(2,3)4/h18-23,34,45H,13-17,24-33,35-39H2,1-12H3,(H,55,59)(H,56,60). The largest absolute Gasteiger partial charge is 0.460 e. The molecule has 1 atom stereocenters. The Bertz CT molecular complexity index is 1930. The SMILES string of the molecule is CCc1ccc(-c2ccc(CO[Si](C)(C)C(C)(C)C)cc2)cc1CCCCC(=O)COCCOCCNC(=O)COCCOCCNC(=O)CCC(CC(=O)CC(=O)OC(C)(C)C)C(=O)OC(C)(C)C. The molecular formula is C54H86N2O13Si. The van der Waals surface area contributed by atoms with Gasteiger partial charge in [0.1, 0.15) is 36.6 Å². The number of benzene rings is 2. The fourth-order valence-electron chi connectivity index (χ4n) is 6.70. The summed E-state index contributed by atoms with van der Waals surface area (Å²) >= 11 is 0. The van der Waals surface area contributed by atoms with Gasteiger partial charge < -0.3 is 43.5 Å². The van der Waals surface area contributed by atoms with Crippen LogP contribution in [0.15, 0.2) is 42.5 Å². The summed E-state index contributed by atoms with van der Waals surface area (Å²) < 4.78 is 38.9. The van der Waals surface area contributed by atoms with Crippen molar-refractivity contribution in [1.29, 1.82) is 0 Å². The third kappa shape index (κ3) is 27.3. The highest BCUT2D eigenvalue weighted by Crippen LogP contribution is 2.37. The maximum atomic E-state index is 12.8. The van der Waals surface area contributed by atoms with Crippen molar-refractivity contribution in [3.63, 3.8) is 0 Å². The average molecular weight is 999 g/mol. The number of esters is 2. The van der Waals surface area contributed by atoms with Crippen LogP contribution >= 0.6 is 0 Å². The van der Waals surface area contributed by atoms with E-state index in [4.69, 9.17) is 32.8 Å². The predicted molar refractivity (Wildman–Crippen MR) is 274 cm³/mol. The lowest BCUT2D eigenvalue weighted by Crippen LogP contribution is -2.40. The van der Waals surface area contributed by atoms with Crippen LogP contribution in [0.3, 0.4) is 0 Å². The molecule has 0 bridgehead atoms. The minimum absolute atomic E-state index is 0.0352. The van der Waals surface area contributed by atoms with Gasteiger partial charge in [-0.15, -0.1) is 0 Å². The zero-order valence-electron chi connectivity index (χ0n) is 44.6. The number of unbranched alkanes of at least 4 members (excludes halogenated alkanes) is 1. The van der Waals surface area contributed by atoms with Gasteiger partial charge in [0.2, 0.25) is 11.8 Å². The first-order chi connectivity index (χ1) is 32.8. The van der Waals surface area contributed by atoms with Crippen LogP contribution in [0.4, 0.5) is 0 Å². The second kappa shape index (κ2) is 31.2.